The number of aliphatic hydroxyl groups excluding tert-OH is 1. The highest BCUT2D eigenvalue weighted by molar-refractivity contribution is 9.10. The van der Waals surface area contributed by atoms with Gasteiger partial charge in [-0.1, -0.05) is 0 Å². The van der Waals surface area contributed by atoms with Crippen molar-refractivity contribution in [2.75, 3.05) is 6.61 Å². The van der Waals surface area contributed by atoms with Crippen LogP contribution in [0.1, 0.15) is 28.4 Å². The largest absolute Gasteiger partial charge is 0.462 e. The average Bonchev–Trinajstić information content (AvgIpc) is 2.28. The summed E-state index contributed by atoms with van der Waals surface area (Å²) in [7, 11) is 0. The highest BCUT2D eigenvalue weighted by atomic mass is 79.9. The Labute approximate surface area is 102 Å². The third-order valence-electron chi connectivity index (χ3n) is 1.98. The molecule has 84 valence electrons. The van der Waals surface area contributed by atoms with E-state index in [1.54, 1.807) is 13.0 Å². The van der Waals surface area contributed by atoms with Gasteiger partial charge in [0.1, 0.15) is 0 Å². The van der Waals surface area contributed by atoms with Crippen molar-refractivity contribution in [2.45, 2.75) is 13.5 Å². The third kappa shape index (κ3) is 2.60. The SMILES string of the molecule is CCOC(=O)c1cc(C#N)c(CO)cc1Br. The van der Waals surface area contributed by atoms with E-state index in [0.717, 1.165) is 0 Å². The number of benzene rings is 1. The number of hydrogen-bond acceptors (Lipinski definition) is 4. The second-order valence-electron chi connectivity index (χ2n) is 2.98. The molecular weight excluding hydrogens is 274 g/mol. The van der Waals surface area contributed by atoms with Crippen LogP contribution in [-0.2, 0) is 11.3 Å². The molecule has 0 aliphatic rings. The number of nitriles is 1. The number of nitrogens with zero attached hydrogens (tertiary/aromatic N) is 1. The summed E-state index contributed by atoms with van der Waals surface area (Å²) < 4.78 is 5.35. The molecule has 0 amide bonds. The molecule has 0 aromatic heterocycles. The summed E-state index contributed by atoms with van der Waals surface area (Å²) in [6.45, 7) is 1.73. The first-order valence-corrected chi connectivity index (χ1v) is 5.43. The van der Waals surface area contributed by atoms with Crippen LogP contribution in [0.4, 0.5) is 0 Å². The van der Waals surface area contributed by atoms with E-state index < -0.39 is 5.97 Å². The summed E-state index contributed by atoms with van der Waals surface area (Å²) in [6.07, 6.45) is 0. The summed E-state index contributed by atoms with van der Waals surface area (Å²) in [5, 5.41) is 17.9. The van der Waals surface area contributed by atoms with Gasteiger partial charge in [0.05, 0.1) is 30.4 Å². The zero-order valence-corrected chi connectivity index (χ0v) is 10.2. The van der Waals surface area contributed by atoms with Crippen LogP contribution in [-0.4, -0.2) is 17.7 Å². The minimum Gasteiger partial charge on any atom is -0.462 e. The predicted molar refractivity (Wildman–Crippen MR) is 60.7 cm³/mol. The van der Waals surface area contributed by atoms with E-state index in [1.807, 2.05) is 6.07 Å². The first kappa shape index (κ1) is 12.7. The molecule has 1 N–H and O–H groups in total. The Balaban J connectivity index is 3.22. The molecule has 5 heteroatoms. The Morgan fingerprint density at radius 3 is 2.81 bits per heavy atom. The van der Waals surface area contributed by atoms with Gasteiger partial charge < -0.3 is 9.84 Å². The molecule has 0 spiro atoms. The maximum absolute atomic E-state index is 11.5. The quantitative estimate of drug-likeness (QED) is 0.862. The number of ether oxygens (including phenoxy) is 1. The second-order valence-corrected chi connectivity index (χ2v) is 3.83. The molecular formula is C11H10BrNO3. The number of halogens is 1. The number of carbonyl (C=O) groups excluding carboxylic acids is 1. The summed E-state index contributed by atoms with van der Waals surface area (Å²) in [6, 6.07) is 4.88. The first-order chi connectivity index (χ1) is 7.63. The standard InChI is InChI=1S/C11H10BrNO3/c1-2-16-11(15)9-3-7(5-13)8(6-14)4-10(9)12/h3-4,14H,2,6H2,1H3. The highest BCUT2D eigenvalue weighted by Crippen LogP contribution is 2.23. The lowest BCUT2D eigenvalue weighted by molar-refractivity contribution is 0.0525. The maximum Gasteiger partial charge on any atom is 0.339 e. The lowest BCUT2D eigenvalue weighted by Gasteiger charge is -2.07. The molecule has 0 saturated carbocycles. The van der Waals surface area contributed by atoms with Crippen LogP contribution in [0.2, 0.25) is 0 Å². The van der Waals surface area contributed by atoms with Crippen molar-refractivity contribution in [1.29, 1.82) is 5.26 Å². The van der Waals surface area contributed by atoms with Gasteiger partial charge in [-0.05, 0) is 40.5 Å². The lowest BCUT2D eigenvalue weighted by atomic mass is 10.1. The van der Waals surface area contributed by atoms with Crippen LogP contribution in [0.25, 0.3) is 0 Å². The van der Waals surface area contributed by atoms with Gasteiger partial charge in [0, 0.05) is 4.47 Å². The van der Waals surface area contributed by atoms with Crippen molar-refractivity contribution in [1.82, 2.24) is 0 Å². The van der Waals surface area contributed by atoms with Gasteiger partial charge in [-0.3, -0.25) is 0 Å². The molecule has 0 bridgehead atoms. The molecule has 0 aliphatic carbocycles. The molecule has 16 heavy (non-hydrogen) atoms. The summed E-state index contributed by atoms with van der Waals surface area (Å²) in [4.78, 5) is 11.5. The Kier molecular flexibility index (Phi) is 4.47. The van der Waals surface area contributed by atoms with E-state index in [0.29, 0.717) is 10.0 Å². The van der Waals surface area contributed by atoms with Crippen molar-refractivity contribution >= 4 is 21.9 Å². The Hall–Kier alpha value is -1.38. The zero-order valence-electron chi connectivity index (χ0n) is 8.66. The predicted octanol–water partition coefficient (Wildman–Crippen LogP) is 1.99. The van der Waals surface area contributed by atoms with Crippen LogP contribution in [0, 0.1) is 11.3 Å². The molecule has 4 nitrogen and oxygen atoms in total. The Bertz CT molecular complexity index is 451. The van der Waals surface area contributed by atoms with E-state index in [-0.39, 0.29) is 24.3 Å². The van der Waals surface area contributed by atoms with Crippen molar-refractivity contribution in [3.8, 4) is 6.07 Å². The molecule has 0 unspecified atom stereocenters. The number of hydrogen-bond donors (Lipinski definition) is 1. The van der Waals surface area contributed by atoms with Gasteiger partial charge >= 0.3 is 5.97 Å². The topological polar surface area (TPSA) is 70.3 Å². The Morgan fingerprint density at radius 2 is 2.31 bits per heavy atom. The van der Waals surface area contributed by atoms with Crippen LogP contribution in [0.5, 0.6) is 0 Å². The third-order valence-corrected chi connectivity index (χ3v) is 2.64. The van der Waals surface area contributed by atoms with E-state index in [1.165, 1.54) is 6.07 Å². The molecule has 0 fully saturated rings. The van der Waals surface area contributed by atoms with Gasteiger partial charge in [-0.2, -0.15) is 5.26 Å². The van der Waals surface area contributed by atoms with E-state index in [4.69, 9.17) is 15.1 Å². The van der Waals surface area contributed by atoms with Crippen molar-refractivity contribution < 1.29 is 14.6 Å². The van der Waals surface area contributed by atoms with Gasteiger partial charge in [-0.25, -0.2) is 4.79 Å². The number of rotatable bonds is 3. The van der Waals surface area contributed by atoms with Crippen molar-refractivity contribution in [3.05, 3.63) is 33.3 Å². The fourth-order valence-electron chi connectivity index (χ4n) is 1.21. The van der Waals surface area contributed by atoms with Crippen molar-refractivity contribution in [3.63, 3.8) is 0 Å². The fraction of sp³-hybridized carbons (Fsp3) is 0.273. The van der Waals surface area contributed by atoms with Crippen LogP contribution in [0.3, 0.4) is 0 Å². The van der Waals surface area contributed by atoms with E-state index in [2.05, 4.69) is 15.9 Å². The second kappa shape index (κ2) is 5.64. The molecule has 0 radical (unpaired) electrons. The molecule has 0 atom stereocenters. The summed E-state index contributed by atoms with van der Waals surface area (Å²) in [5.74, 6) is -0.490. The summed E-state index contributed by atoms with van der Waals surface area (Å²) in [5.41, 5.74) is 1.03. The monoisotopic (exact) mass is 283 g/mol. The van der Waals surface area contributed by atoms with Crippen LogP contribution >= 0.6 is 15.9 Å². The Morgan fingerprint density at radius 1 is 1.62 bits per heavy atom. The number of aliphatic hydroxyl groups is 1. The minimum atomic E-state index is -0.490. The summed E-state index contributed by atoms with van der Waals surface area (Å²) >= 11 is 3.20. The zero-order chi connectivity index (χ0) is 12.1. The fourth-order valence-corrected chi connectivity index (χ4v) is 1.77. The van der Waals surface area contributed by atoms with Gasteiger partial charge in [0.15, 0.2) is 0 Å². The van der Waals surface area contributed by atoms with Gasteiger partial charge in [-0.15, -0.1) is 0 Å². The first-order valence-electron chi connectivity index (χ1n) is 4.64. The normalized spacial score (nSPS) is 9.62. The van der Waals surface area contributed by atoms with E-state index >= 15 is 0 Å². The van der Waals surface area contributed by atoms with Crippen LogP contribution < -0.4 is 0 Å². The minimum absolute atomic E-state index is 0.245. The van der Waals surface area contributed by atoms with E-state index in [9.17, 15) is 4.79 Å². The number of esters is 1. The smallest absolute Gasteiger partial charge is 0.339 e. The molecule has 1 aromatic carbocycles. The molecule has 1 aromatic rings. The molecule has 1 rings (SSSR count). The van der Waals surface area contributed by atoms with Gasteiger partial charge in [0.25, 0.3) is 0 Å². The molecule has 0 aliphatic heterocycles. The van der Waals surface area contributed by atoms with Crippen molar-refractivity contribution in [2.24, 2.45) is 0 Å². The number of carbonyl (C=O) groups is 1. The average molecular weight is 284 g/mol. The molecule has 0 heterocycles. The maximum atomic E-state index is 11.5. The van der Waals surface area contributed by atoms with Crippen LogP contribution in [0.15, 0.2) is 16.6 Å². The lowest BCUT2D eigenvalue weighted by Crippen LogP contribution is -2.07. The van der Waals surface area contributed by atoms with Gasteiger partial charge in [0.2, 0.25) is 0 Å². The molecule has 0 saturated heterocycles. The highest BCUT2D eigenvalue weighted by Gasteiger charge is 2.14.